The van der Waals surface area contributed by atoms with Crippen molar-refractivity contribution in [2.24, 2.45) is 0 Å². The SMILES string of the molecule is O=C(O)c1ccc(-c2csc(C3CCCCC3)n2)cc1. The summed E-state index contributed by atoms with van der Waals surface area (Å²) >= 11 is 1.73. The number of carboxylic acid groups (broad SMARTS) is 1. The third-order valence-electron chi connectivity index (χ3n) is 3.90. The minimum Gasteiger partial charge on any atom is -0.478 e. The van der Waals surface area contributed by atoms with Gasteiger partial charge < -0.3 is 5.11 Å². The van der Waals surface area contributed by atoms with Crippen LogP contribution in [0.25, 0.3) is 11.3 Å². The Morgan fingerprint density at radius 2 is 1.85 bits per heavy atom. The van der Waals surface area contributed by atoms with Crippen LogP contribution in [-0.2, 0) is 0 Å². The van der Waals surface area contributed by atoms with E-state index in [0.29, 0.717) is 11.5 Å². The Morgan fingerprint density at radius 3 is 2.50 bits per heavy atom. The molecule has 1 heterocycles. The first-order valence-electron chi connectivity index (χ1n) is 7.03. The average Bonchev–Trinajstić information content (AvgIpc) is 2.98. The first-order valence-corrected chi connectivity index (χ1v) is 7.91. The van der Waals surface area contributed by atoms with Crippen molar-refractivity contribution < 1.29 is 9.90 Å². The Labute approximate surface area is 122 Å². The van der Waals surface area contributed by atoms with Crippen LogP contribution in [0.5, 0.6) is 0 Å². The fourth-order valence-electron chi connectivity index (χ4n) is 2.74. The van der Waals surface area contributed by atoms with Gasteiger partial charge in [-0.2, -0.15) is 0 Å². The summed E-state index contributed by atoms with van der Waals surface area (Å²) in [6, 6.07) is 6.95. The summed E-state index contributed by atoms with van der Waals surface area (Å²) in [7, 11) is 0. The smallest absolute Gasteiger partial charge is 0.335 e. The molecule has 1 saturated carbocycles. The van der Waals surface area contributed by atoms with Crippen LogP contribution in [0.15, 0.2) is 29.6 Å². The van der Waals surface area contributed by atoms with E-state index >= 15 is 0 Å². The van der Waals surface area contributed by atoms with E-state index in [4.69, 9.17) is 10.1 Å². The van der Waals surface area contributed by atoms with E-state index in [1.54, 1.807) is 23.5 Å². The Bertz CT molecular complexity index is 597. The quantitative estimate of drug-likeness (QED) is 0.900. The lowest BCUT2D eigenvalue weighted by atomic mass is 9.90. The van der Waals surface area contributed by atoms with E-state index in [2.05, 4.69) is 5.38 Å². The molecule has 4 heteroatoms. The molecule has 0 aliphatic heterocycles. The Morgan fingerprint density at radius 1 is 1.15 bits per heavy atom. The number of benzene rings is 1. The minimum atomic E-state index is -0.891. The molecule has 0 radical (unpaired) electrons. The second kappa shape index (κ2) is 5.75. The highest BCUT2D eigenvalue weighted by molar-refractivity contribution is 7.10. The minimum absolute atomic E-state index is 0.316. The molecule has 0 amide bonds. The fraction of sp³-hybridized carbons (Fsp3) is 0.375. The van der Waals surface area contributed by atoms with Crippen LogP contribution in [0.3, 0.4) is 0 Å². The van der Waals surface area contributed by atoms with Crippen LogP contribution in [0.4, 0.5) is 0 Å². The Hall–Kier alpha value is -1.68. The van der Waals surface area contributed by atoms with Gasteiger partial charge in [-0.05, 0) is 25.0 Å². The van der Waals surface area contributed by atoms with Gasteiger partial charge in [0.05, 0.1) is 16.3 Å². The number of nitrogens with zero attached hydrogens (tertiary/aromatic N) is 1. The molecular weight excluding hydrogens is 270 g/mol. The predicted octanol–water partition coefficient (Wildman–Crippen LogP) is 4.56. The normalized spacial score (nSPS) is 16.2. The van der Waals surface area contributed by atoms with Crippen molar-refractivity contribution in [3.63, 3.8) is 0 Å². The van der Waals surface area contributed by atoms with Gasteiger partial charge in [-0.25, -0.2) is 9.78 Å². The maximum atomic E-state index is 10.8. The number of rotatable bonds is 3. The average molecular weight is 287 g/mol. The Kier molecular flexibility index (Phi) is 3.83. The van der Waals surface area contributed by atoms with Crippen molar-refractivity contribution in [3.8, 4) is 11.3 Å². The van der Waals surface area contributed by atoms with E-state index in [0.717, 1.165) is 11.3 Å². The van der Waals surface area contributed by atoms with E-state index in [9.17, 15) is 4.79 Å². The topological polar surface area (TPSA) is 50.2 Å². The van der Waals surface area contributed by atoms with Crippen molar-refractivity contribution in [2.75, 3.05) is 0 Å². The molecule has 1 aromatic heterocycles. The summed E-state index contributed by atoms with van der Waals surface area (Å²) in [6.45, 7) is 0. The first kappa shape index (κ1) is 13.3. The maximum absolute atomic E-state index is 10.8. The van der Waals surface area contributed by atoms with E-state index in [1.165, 1.54) is 37.1 Å². The van der Waals surface area contributed by atoms with Crippen LogP contribution in [0.1, 0.15) is 53.4 Å². The van der Waals surface area contributed by atoms with Crippen LogP contribution in [0, 0.1) is 0 Å². The summed E-state index contributed by atoms with van der Waals surface area (Å²) < 4.78 is 0. The maximum Gasteiger partial charge on any atom is 0.335 e. The van der Waals surface area contributed by atoms with Gasteiger partial charge in [0.15, 0.2) is 0 Å². The van der Waals surface area contributed by atoms with Crippen molar-refractivity contribution in [3.05, 3.63) is 40.2 Å². The van der Waals surface area contributed by atoms with Gasteiger partial charge in [0.1, 0.15) is 0 Å². The molecule has 1 N–H and O–H groups in total. The summed E-state index contributed by atoms with van der Waals surface area (Å²) in [6.07, 6.45) is 6.49. The second-order valence-corrected chi connectivity index (χ2v) is 6.18. The van der Waals surface area contributed by atoms with Crippen molar-refractivity contribution in [1.29, 1.82) is 0 Å². The monoisotopic (exact) mass is 287 g/mol. The molecule has 0 saturated heterocycles. The van der Waals surface area contributed by atoms with Gasteiger partial charge in [-0.3, -0.25) is 0 Å². The summed E-state index contributed by atoms with van der Waals surface area (Å²) in [5.74, 6) is -0.265. The summed E-state index contributed by atoms with van der Waals surface area (Å²) in [5, 5.41) is 12.2. The number of carboxylic acids is 1. The summed E-state index contributed by atoms with van der Waals surface area (Å²) in [4.78, 5) is 15.6. The number of aromatic carboxylic acids is 1. The van der Waals surface area contributed by atoms with Crippen molar-refractivity contribution in [2.45, 2.75) is 38.0 Å². The molecular formula is C16H17NO2S. The lowest BCUT2D eigenvalue weighted by molar-refractivity contribution is 0.0697. The fourth-order valence-corrected chi connectivity index (χ4v) is 3.74. The molecule has 104 valence electrons. The van der Waals surface area contributed by atoms with Gasteiger partial charge in [0.2, 0.25) is 0 Å². The van der Waals surface area contributed by atoms with Gasteiger partial charge in [0.25, 0.3) is 0 Å². The van der Waals surface area contributed by atoms with E-state index in [1.807, 2.05) is 12.1 Å². The molecule has 0 bridgehead atoms. The molecule has 2 aromatic rings. The molecule has 3 rings (SSSR count). The third-order valence-corrected chi connectivity index (χ3v) is 4.91. The molecule has 1 aliphatic rings. The second-order valence-electron chi connectivity index (χ2n) is 5.29. The molecule has 1 aliphatic carbocycles. The van der Waals surface area contributed by atoms with Crippen molar-refractivity contribution in [1.82, 2.24) is 4.98 Å². The molecule has 20 heavy (non-hydrogen) atoms. The molecule has 0 atom stereocenters. The molecule has 3 nitrogen and oxygen atoms in total. The zero-order valence-corrected chi connectivity index (χ0v) is 12.0. The van der Waals surface area contributed by atoms with Gasteiger partial charge >= 0.3 is 5.97 Å². The first-order chi connectivity index (χ1) is 9.74. The molecule has 0 spiro atoms. The van der Waals surface area contributed by atoms with Crippen LogP contribution in [0.2, 0.25) is 0 Å². The highest BCUT2D eigenvalue weighted by Gasteiger charge is 2.19. The third kappa shape index (κ3) is 2.75. The zero-order chi connectivity index (χ0) is 13.9. The lowest BCUT2D eigenvalue weighted by Crippen LogP contribution is -2.03. The Balaban J connectivity index is 1.80. The highest BCUT2D eigenvalue weighted by atomic mass is 32.1. The van der Waals surface area contributed by atoms with Crippen LogP contribution >= 0.6 is 11.3 Å². The van der Waals surface area contributed by atoms with E-state index in [-0.39, 0.29) is 0 Å². The van der Waals surface area contributed by atoms with Crippen LogP contribution < -0.4 is 0 Å². The standard InChI is InChI=1S/C16H17NO2S/c18-16(19)13-8-6-11(7-9-13)14-10-20-15(17-14)12-4-2-1-3-5-12/h6-10,12H,1-5H2,(H,18,19). The van der Waals surface area contributed by atoms with Crippen LogP contribution in [-0.4, -0.2) is 16.1 Å². The van der Waals surface area contributed by atoms with Crippen molar-refractivity contribution >= 4 is 17.3 Å². The lowest BCUT2D eigenvalue weighted by Gasteiger charge is -2.18. The van der Waals surface area contributed by atoms with Gasteiger partial charge in [-0.15, -0.1) is 11.3 Å². The largest absolute Gasteiger partial charge is 0.478 e. The number of hydrogen-bond acceptors (Lipinski definition) is 3. The number of hydrogen-bond donors (Lipinski definition) is 1. The van der Waals surface area contributed by atoms with E-state index < -0.39 is 5.97 Å². The zero-order valence-electron chi connectivity index (χ0n) is 11.2. The molecule has 1 aromatic carbocycles. The van der Waals surface area contributed by atoms with Gasteiger partial charge in [0, 0.05) is 16.9 Å². The summed E-state index contributed by atoms with van der Waals surface area (Å²) in [5.41, 5.74) is 2.28. The molecule has 1 fully saturated rings. The number of carbonyl (C=O) groups is 1. The number of aromatic nitrogens is 1. The number of thiazole rings is 1. The molecule has 0 unspecified atom stereocenters. The predicted molar refractivity (Wildman–Crippen MR) is 80.3 cm³/mol. The van der Waals surface area contributed by atoms with Gasteiger partial charge in [-0.1, -0.05) is 31.4 Å². The highest BCUT2D eigenvalue weighted by Crippen LogP contribution is 2.35.